The van der Waals surface area contributed by atoms with Crippen molar-refractivity contribution in [3.05, 3.63) is 59.7 Å². The van der Waals surface area contributed by atoms with Gasteiger partial charge in [-0.1, -0.05) is 49.7 Å². The molecule has 0 radical (unpaired) electrons. The Hall–Kier alpha value is -5.33. The molecule has 1 saturated heterocycles. The van der Waals surface area contributed by atoms with Gasteiger partial charge >= 0.3 is 7.12 Å². The summed E-state index contributed by atoms with van der Waals surface area (Å²) in [5.41, 5.74) is 14.7. The van der Waals surface area contributed by atoms with Gasteiger partial charge in [-0.15, -0.1) is 0 Å². The topological polar surface area (TPSA) is 275 Å². The molecule has 2 aromatic rings. The zero-order chi connectivity index (χ0) is 42.8. The summed E-state index contributed by atoms with van der Waals surface area (Å²) in [7, 11) is -1.90. The molecule has 0 bridgehead atoms. The molecule has 1 fully saturated rings. The SMILES string of the molecule is CCCCc1ccc(-c2ccc(C(=O)NCCC(=O)NC(CCCCN)C(=O)N3CCC[C@H]3C(=O)N[C@@H](C)C(=O)NC(CC(N)=O)C(=O)N[C@@H](C)B(O)O)cc2)cc1. The van der Waals surface area contributed by atoms with Crippen molar-refractivity contribution in [2.24, 2.45) is 11.5 Å². The molecule has 11 N–H and O–H groups in total. The summed E-state index contributed by atoms with van der Waals surface area (Å²) in [6, 6.07) is 11.0. The number of hydrogen-bond donors (Lipinski definition) is 9. The molecule has 3 rings (SSSR count). The van der Waals surface area contributed by atoms with Crippen LogP contribution in [0.1, 0.15) is 94.5 Å². The molecule has 316 valence electrons. The number of amides is 7. The van der Waals surface area contributed by atoms with Gasteiger partial charge in [0.2, 0.25) is 35.4 Å². The van der Waals surface area contributed by atoms with Crippen molar-refractivity contribution in [3.8, 4) is 11.1 Å². The van der Waals surface area contributed by atoms with Gasteiger partial charge in [-0.2, -0.15) is 0 Å². The standard InChI is InChI=1S/C40H59BN8O9/c1-4-5-9-27-12-14-28(15-13-27)29-16-18-30(19-17-29)37(53)44-22-20-35(51)47-31(10-6-7-21-42)40(56)49-23-8-11-33(49)39(55)45-25(2)36(52)48-32(24-34(43)50)38(54)46-26(3)41(57)58/h12-19,25-26,31-33,57-58H,4-11,20-24,42H2,1-3H3,(H2,43,50)(H,44,53)(H,45,55)(H,46,54)(H,47,51)(H,48,52)/t25-,26-,31?,32?,33-/m0/s1. The minimum absolute atomic E-state index is 0.0222. The normalized spacial score (nSPS) is 15.6. The van der Waals surface area contributed by atoms with E-state index in [0.717, 1.165) is 30.4 Å². The first-order chi connectivity index (χ1) is 27.6. The van der Waals surface area contributed by atoms with E-state index in [1.54, 1.807) is 12.1 Å². The van der Waals surface area contributed by atoms with Crippen LogP contribution in [0.4, 0.5) is 0 Å². The molecule has 58 heavy (non-hydrogen) atoms. The van der Waals surface area contributed by atoms with Crippen LogP contribution in [-0.2, 0) is 35.2 Å². The Bertz CT molecular complexity index is 1710. The molecule has 2 unspecified atom stereocenters. The minimum Gasteiger partial charge on any atom is -0.426 e. The third-order valence-electron chi connectivity index (χ3n) is 9.92. The molecule has 0 spiro atoms. The second kappa shape index (κ2) is 23.8. The van der Waals surface area contributed by atoms with E-state index in [9.17, 15) is 43.6 Å². The Labute approximate surface area is 340 Å². The summed E-state index contributed by atoms with van der Waals surface area (Å²) in [6.07, 6.45) is 4.80. The number of hydrogen-bond acceptors (Lipinski definition) is 10. The summed E-state index contributed by atoms with van der Waals surface area (Å²) in [6.45, 7) is 5.45. The fourth-order valence-electron chi connectivity index (χ4n) is 6.45. The zero-order valence-corrected chi connectivity index (χ0v) is 33.6. The van der Waals surface area contributed by atoms with Crippen molar-refractivity contribution in [1.82, 2.24) is 31.5 Å². The highest BCUT2D eigenvalue weighted by Gasteiger charge is 2.38. The molecule has 0 saturated carbocycles. The Morgan fingerprint density at radius 3 is 2.10 bits per heavy atom. The number of nitrogens with zero attached hydrogens (tertiary/aromatic N) is 1. The van der Waals surface area contributed by atoms with E-state index in [0.29, 0.717) is 37.8 Å². The Balaban J connectivity index is 1.56. The molecule has 18 heteroatoms. The number of benzene rings is 2. The highest BCUT2D eigenvalue weighted by Crippen LogP contribution is 2.22. The van der Waals surface area contributed by atoms with Crippen LogP contribution in [0.2, 0.25) is 0 Å². The number of unbranched alkanes of at least 4 members (excludes halogenated alkanes) is 2. The number of rotatable bonds is 23. The second-order valence-corrected chi connectivity index (χ2v) is 14.7. The van der Waals surface area contributed by atoms with Crippen LogP contribution in [0, 0.1) is 0 Å². The van der Waals surface area contributed by atoms with Crippen LogP contribution in [0.15, 0.2) is 48.5 Å². The molecular formula is C40H59BN8O9. The Morgan fingerprint density at radius 2 is 1.50 bits per heavy atom. The summed E-state index contributed by atoms with van der Waals surface area (Å²) >= 11 is 0. The lowest BCUT2D eigenvalue weighted by atomic mass is 9.81. The van der Waals surface area contributed by atoms with Crippen LogP contribution in [0.25, 0.3) is 11.1 Å². The molecule has 0 aromatic heterocycles. The number of carbonyl (C=O) groups excluding carboxylic acids is 7. The van der Waals surface area contributed by atoms with Crippen LogP contribution in [0.5, 0.6) is 0 Å². The number of nitrogens with two attached hydrogens (primary N) is 2. The van der Waals surface area contributed by atoms with Gasteiger partial charge in [-0.05, 0) is 94.2 Å². The fraction of sp³-hybridized carbons (Fsp3) is 0.525. The summed E-state index contributed by atoms with van der Waals surface area (Å²) in [5.74, 6) is -5.67. The third-order valence-corrected chi connectivity index (χ3v) is 9.92. The number of likely N-dealkylation sites (tertiary alicyclic amines) is 1. The number of carbonyl (C=O) groups is 7. The third kappa shape index (κ3) is 14.9. The Morgan fingerprint density at radius 1 is 0.845 bits per heavy atom. The van der Waals surface area contributed by atoms with Gasteiger partial charge in [0.1, 0.15) is 24.2 Å². The lowest BCUT2D eigenvalue weighted by Gasteiger charge is -2.29. The van der Waals surface area contributed by atoms with E-state index in [1.165, 1.54) is 24.3 Å². The van der Waals surface area contributed by atoms with Gasteiger partial charge < -0.3 is 53.0 Å². The average Bonchev–Trinajstić information content (AvgIpc) is 3.69. The zero-order valence-electron chi connectivity index (χ0n) is 33.6. The van der Waals surface area contributed by atoms with Crippen molar-refractivity contribution in [1.29, 1.82) is 0 Å². The van der Waals surface area contributed by atoms with E-state index in [2.05, 4.69) is 57.8 Å². The molecule has 7 amide bonds. The van der Waals surface area contributed by atoms with E-state index < -0.39 is 79.1 Å². The lowest BCUT2D eigenvalue weighted by Crippen LogP contribution is -2.58. The van der Waals surface area contributed by atoms with Gasteiger partial charge in [-0.25, -0.2) is 0 Å². The van der Waals surface area contributed by atoms with Crippen LogP contribution >= 0.6 is 0 Å². The van der Waals surface area contributed by atoms with E-state index in [-0.39, 0.29) is 31.8 Å². The number of aryl methyl sites for hydroxylation is 1. The monoisotopic (exact) mass is 806 g/mol. The van der Waals surface area contributed by atoms with E-state index >= 15 is 0 Å². The van der Waals surface area contributed by atoms with Crippen molar-refractivity contribution in [2.75, 3.05) is 19.6 Å². The van der Waals surface area contributed by atoms with Crippen molar-refractivity contribution in [2.45, 2.75) is 115 Å². The maximum atomic E-state index is 13.9. The van der Waals surface area contributed by atoms with E-state index in [1.807, 2.05) is 12.1 Å². The molecule has 17 nitrogen and oxygen atoms in total. The maximum absolute atomic E-state index is 13.9. The minimum atomic E-state index is -1.90. The van der Waals surface area contributed by atoms with Crippen LogP contribution < -0.4 is 38.1 Å². The van der Waals surface area contributed by atoms with Crippen molar-refractivity contribution >= 4 is 48.5 Å². The molecule has 1 heterocycles. The summed E-state index contributed by atoms with van der Waals surface area (Å²) < 4.78 is 0. The van der Waals surface area contributed by atoms with E-state index in [4.69, 9.17) is 11.5 Å². The van der Waals surface area contributed by atoms with Crippen LogP contribution in [0.3, 0.4) is 0 Å². The first-order valence-electron chi connectivity index (χ1n) is 20.0. The quantitative estimate of drug-likeness (QED) is 0.0527. The van der Waals surface area contributed by atoms with Gasteiger partial charge in [-0.3, -0.25) is 33.6 Å². The van der Waals surface area contributed by atoms with Crippen molar-refractivity contribution in [3.63, 3.8) is 0 Å². The maximum Gasteiger partial charge on any atom is 0.475 e. The largest absolute Gasteiger partial charge is 0.475 e. The number of primary amides is 1. The van der Waals surface area contributed by atoms with Gasteiger partial charge in [0.15, 0.2) is 0 Å². The highest BCUT2D eigenvalue weighted by molar-refractivity contribution is 6.43. The first-order valence-corrected chi connectivity index (χ1v) is 20.0. The molecule has 1 aliphatic heterocycles. The highest BCUT2D eigenvalue weighted by atomic mass is 16.4. The second-order valence-electron chi connectivity index (χ2n) is 14.7. The summed E-state index contributed by atoms with van der Waals surface area (Å²) in [5, 5.41) is 31.2. The molecule has 1 aliphatic rings. The van der Waals surface area contributed by atoms with Crippen molar-refractivity contribution < 1.29 is 43.6 Å². The predicted octanol–water partition coefficient (Wildman–Crippen LogP) is -0.197. The fourth-order valence-corrected chi connectivity index (χ4v) is 6.45. The van der Waals surface area contributed by atoms with Gasteiger partial charge in [0.25, 0.3) is 5.91 Å². The van der Waals surface area contributed by atoms with Gasteiger partial charge in [0.05, 0.1) is 12.4 Å². The summed E-state index contributed by atoms with van der Waals surface area (Å²) in [4.78, 5) is 91.8. The molecule has 0 aliphatic carbocycles. The predicted molar refractivity (Wildman–Crippen MR) is 218 cm³/mol. The van der Waals surface area contributed by atoms with Gasteiger partial charge in [0, 0.05) is 25.1 Å². The molecular weight excluding hydrogens is 747 g/mol. The first kappa shape index (κ1) is 47.1. The lowest BCUT2D eigenvalue weighted by molar-refractivity contribution is -0.142. The Kier molecular flexibility index (Phi) is 19.3. The average molecular weight is 807 g/mol. The van der Waals surface area contributed by atoms with Crippen LogP contribution in [-0.4, -0.2) is 113 Å². The molecule has 5 atom stereocenters. The number of nitrogens with one attached hydrogen (secondary N) is 5. The molecule has 2 aromatic carbocycles. The smallest absolute Gasteiger partial charge is 0.426 e.